The standard InChI is InChI=1S/C16H21N3OS2/c1-14-13-21-16(17-14)19-9-7-18(8-10-19)11-12-22(20)15-5-3-2-4-6-15/h2-6,13H,7-12H2,1H3. The fourth-order valence-electron chi connectivity index (χ4n) is 2.55. The molecular formula is C16H21N3OS2. The fourth-order valence-corrected chi connectivity index (χ4v) is 4.53. The first kappa shape index (κ1) is 15.6. The van der Waals surface area contributed by atoms with Gasteiger partial charge in [-0.25, -0.2) is 4.98 Å². The van der Waals surface area contributed by atoms with Crippen LogP contribution in [0.3, 0.4) is 0 Å². The first-order valence-electron chi connectivity index (χ1n) is 7.55. The van der Waals surface area contributed by atoms with Crippen LogP contribution in [-0.2, 0) is 10.8 Å². The zero-order valence-electron chi connectivity index (χ0n) is 12.8. The molecule has 1 saturated heterocycles. The molecule has 0 saturated carbocycles. The second-order valence-corrected chi connectivity index (χ2v) is 7.87. The topological polar surface area (TPSA) is 36.4 Å². The molecule has 118 valence electrons. The summed E-state index contributed by atoms with van der Waals surface area (Å²) >= 11 is 1.72. The average Bonchev–Trinajstić information content (AvgIpc) is 3.00. The summed E-state index contributed by atoms with van der Waals surface area (Å²) in [6, 6.07) is 9.74. The van der Waals surface area contributed by atoms with E-state index in [9.17, 15) is 4.21 Å². The molecule has 0 aliphatic carbocycles. The highest BCUT2D eigenvalue weighted by atomic mass is 32.2. The van der Waals surface area contributed by atoms with E-state index < -0.39 is 10.8 Å². The van der Waals surface area contributed by atoms with Gasteiger partial charge in [0, 0.05) is 48.8 Å². The van der Waals surface area contributed by atoms with Gasteiger partial charge in [-0.05, 0) is 19.1 Å². The van der Waals surface area contributed by atoms with Gasteiger partial charge in [-0.1, -0.05) is 18.2 Å². The molecule has 2 heterocycles. The van der Waals surface area contributed by atoms with Crippen molar-refractivity contribution in [2.75, 3.05) is 43.4 Å². The molecular weight excluding hydrogens is 314 g/mol. The van der Waals surface area contributed by atoms with Crippen molar-refractivity contribution in [1.82, 2.24) is 9.88 Å². The summed E-state index contributed by atoms with van der Waals surface area (Å²) in [6.45, 7) is 6.98. The maximum atomic E-state index is 12.2. The van der Waals surface area contributed by atoms with E-state index in [0.717, 1.165) is 48.4 Å². The molecule has 1 aromatic carbocycles. The summed E-state index contributed by atoms with van der Waals surface area (Å²) in [5, 5.41) is 3.23. The van der Waals surface area contributed by atoms with E-state index in [2.05, 4.69) is 20.2 Å². The number of benzene rings is 1. The molecule has 1 unspecified atom stereocenters. The Hall–Kier alpha value is -1.24. The van der Waals surface area contributed by atoms with Crippen LogP contribution >= 0.6 is 11.3 Å². The molecule has 0 N–H and O–H groups in total. The molecule has 4 nitrogen and oxygen atoms in total. The van der Waals surface area contributed by atoms with Crippen LogP contribution in [0.5, 0.6) is 0 Å². The van der Waals surface area contributed by atoms with E-state index in [1.54, 1.807) is 11.3 Å². The van der Waals surface area contributed by atoms with Crippen LogP contribution in [0.1, 0.15) is 5.69 Å². The van der Waals surface area contributed by atoms with Crippen LogP contribution < -0.4 is 4.90 Å². The molecule has 1 fully saturated rings. The molecule has 22 heavy (non-hydrogen) atoms. The maximum absolute atomic E-state index is 12.2. The second-order valence-electron chi connectivity index (χ2n) is 5.46. The van der Waals surface area contributed by atoms with Crippen LogP contribution in [0, 0.1) is 6.92 Å². The number of nitrogens with zero attached hydrogens (tertiary/aromatic N) is 3. The van der Waals surface area contributed by atoms with Crippen molar-refractivity contribution in [1.29, 1.82) is 0 Å². The summed E-state index contributed by atoms with van der Waals surface area (Å²) in [4.78, 5) is 10.2. The number of anilines is 1. The van der Waals surface area contributed by atoms with Crippen molar-refractivity contribution in [3.63, 3.8) is 0 Å². The van der Waals surface area contributed by atoms with Gasteiger partial charge in [-0.15, -0.1) is 11.3 Å². The third kappa shape index (κ3) is 3.94. The number of thiazole rings is 1. The van der Waals surface area contributed by atoms with Gasteiger partial charge in [-0.2, -0.15) is 0 Å². The number of aromatic nitrogens is 1. The van der Waals surface area contributed by atoms with Crippen LogP contribution in [0.2, 0.25) is 0 Å². The third-order valence-electron chi connectivity index (χ3n) is 3.85. The minimum atomic E-state index is -0.892. The highest BCUT2D eigenvalue weighted by Crippen LogP contribution is 2.21. The van der Waals surface area contributed by atoms with Crippen molar-refractivity contribution in [2.45, 2.75) is 11.8 Å². The highest BCUT2D eigenvalue weighted by molar-refractivity contribution is 7.85. The van der Waals surface area contributed by atoms with Gasteiger partial charge in [0.05, 0.1) is 16.5 Å². The molecule has 0 bridgehead atoms. The van der Waals surface area contributed by atoms with E-state index >= 15 is 0 Å². The molecule has 1 atom stereocenters. The van der Waals surface area contributed by atoms with Crippen molar-refractivity contribution < 1.29 is 4.21 Å². The number of hydrogen-bond acceptors (Lipinski definition) is 5. The summed E-state index contributed by atoms with van der Waals surface area (Å²) < 4.78 is 12.2. The second kappa shape index (κ2) is 7.35. The summed E-state index contributed by atoms with van der Waals surface area (Å²) in [5.74, 6) is 0.709. The van der Waals surface area contributed by atoms with Crippen molar-refractivity contribution >= 4 is 27.3 Å². The van der Waals surface area contributed by atoms with Gasteiger partial charge in [0.2, 0.25) is 0 Å². The number of rotatable bonds is 5. The van der Waals surface area contributed by atoms with E-state index in [0.29, 0.717) is 5.75 Å². The van der Waals surface area contributed by atoms with Crippen LogP contribution in [0.15, 0.2) is 40.6 Å². The smallest absolute Gasteiger partial charge is 0.185 e. The Balaban J connectivity index is 1.45. The molecule has 2 aromatic rings. The molecule has 0 amide bonds. The monoisotopic (exact) mass is 335 g/mol. The van der Waals surface area contributed by atoms with Crippen molar-refractivity contribution in [3.05, 3.63) is 41.4 Å². The van der Waals surface area contributed by atoms with Crippen molar-refractivity contribution in [2.24, 2.45) is 0 Å². The Morgan fingerprint density at radius 3 is 2.55 bits per heavy atom. The minimum absolute atomic E-state index is 0.709. The normalized spacial score (nSPS) is 17.6. The lowest BCUT2D eigenvalue weighted by Crippen LogP contribution is -2.47. The number of hydrogen-bond donors (Lipinski definition) is 0. The van der Waals surface area contributed by atoms with E-state index in [-0.39, 0.29) is 0 Å². The maximum Gasteiger partial charge on any atom is 0.185 e. The molecule has 0 radical (unpaired) electrons. The number of aryl methyl sites for hydroxylation is 1. The predicted molar refractivity (Wildman–Crippen MR) is 93.2 cm³/mol. The molecule has 1 aromatic heterocycles. The Bertz CT molecular complexity index is 621. The van der Waals surface area contributed by atoms with E-state index in [1.165, 1.54) is 0 Å². The quantitative estimate of drug-likeness (QED) is 0.841. The van der Waals surface area contributed by atoms with E-state index in [1.807, 2.05) is 37.3 Å². The van der Waals surface area contributed by atoms with Gasteiger partial charge in [-0.3, -0.25) is 9.11 Å². The van der Waals surface area contributed by atoms with Gasteiger partial charge in [0.15, 0.2) is 5.13 Å². The molecule has 1 aliphatic rings. The minimum Gasteiger partial charge on any atom is -0.346 e. The van der Waals surface area contributed by atoms with Gasteiger partial charge in [0.1, 0.15) is 0 Å². The lowest BCUT2D eigenvalue weighted by Gasteiger charge is -2.34. The molecule has 1 aliphatic heterocycles. The summed E-state index contributed by atoms with van der Waals surface area (Å²) in [5.41, 5.74) is 1.10. The zero-order chi connectivity index (χ0) is 15.4. The summed E-state index contributed by atoms with van der Waals surface area (Å²) in [7, 11) is -0.892. The Morgan fingerprint density at radius 1 is 1.18 bits per heavy atom. The molecule has 0 spiro atoms. The first-order chi connectivity index (χ1) is 10.7. The van der Waals surface area contributed by atoms with Crippen LogP contribution in [0.25, 0.3) is 0 Å². The lowest BCUT2D eigenvalue weighted by atomic mass is 10.3. The molecule has 3 rings (SSSR count). The van der Waals surface area contributed by atoms with Gasteiger partial charge < -0.3 is 4.90 Å². The first-order valence-corrected chi connectivity index (χ1v) is 9.75. The van der Waals surface area contributed by atoms with E-state index in [4.69, 9.17) is 0 Å². The summed E-state index contributed by atoms with van der Waals surface area (Å²) in [6.07, 6.45) is 0. The van der Waals surface area contributed by atoms with Gasteiger partial charge >= 0.3 is 0 Å². The largest absolute Gasteiger partial charge is 0.346 e. The van der Waals surface area contributed by atoms with Crippen molar-refractivity contribution in [3.8, 4) is 0 Å². The Kier molecular flexibility index (Phi) is 5.23. The highest BCUT2D eigenvalue weighted by Gasteiger charge is 2.19. The fraction of sp³-hybridized carbons (Fsp3) is 0.438. The zero-order valence-corrected chi connectivity index (χ0v) is 14.4. The predicted octanol–water partition coefficient (Wildman–Crippen LogP) is 2.38. The van der Waals surface area contributed by atoms with Crippen LogP contribution in [0.4, 0.5) is 5.13 Å². The lowest BCUT2D eigenvalue weighted by molar-refractivity contribution is 0.272. The van der Waals surface area contributed by atoms with Crippen LogP contribution in [-0.4, -0.2) is 52.6 Å². The number of piperazine rings is 1. The molecule has 6 heteroatoms. The average molecular weight is 335 g/mol. The Labute approximate surface area is 138 Å². The van der Waals surface area contributed by atoms with Gasteiger partial charge in [0.25, 0.3) is 0 Å². The third-order valence-corrected chi connectivity index (χ3v) is 6.22. The Morgan fingerprint density at radius 2 is 1.91 bits per heavy atom. The SMILES string of the molecule is Cc1csc(N2CCN(CCS(=O)c3ccccc3)CC2)n1.